The molecule has 2 aromatic carbocycles. The summed E-state index contributed by atoms with van der Waals surface area (Å²) in [5.41, 5.74) is 10.3. The van der Waals surface area contributed by atoms with Gasteiger partial charge >= 0.3 is 0 Å². The van der Waals surface area contributed by atoms with Crippen molar-refractivity contribution >= 4 is 5.69 Å². The van der Waals surface area contributed by atoms with Gasteiger partial charge in [0.15, 0.2) is 0 Å². The summed E-state index contributed by atoms with van der Waals surface area (Å²) in [6, 6.07) is 14.2. The van der Waals surface area contributed by atoms with E-state index in [1.165, 1.54) is 11.1 Å². The first-order valence-corrected chi connectivity index (χ1v) is 8.66. The number of fused-ring (bicyclic) bond motifs is 1. The number of hydrogen-bond acceptors (Lipinski definition) is 4. The van der Waals surface area contributed by atoms with Crippen LogP contribution in [0.5, 0.6) is 5.75 Å². The van der Waals surface area contributed by atoms with E-state index in [4.69, 9.17) is 10.5 Å². The molecule has 0 amide bonds. The van der Waals surface area contributed by atoms with E-state index in [0.717, 1.165) is 31.6 Å². The minimum absolute atomic E-state index is 0.500. The van der Waals surface area contributed by atoms with Crippen LogP contribution in [0.4, 0.5) is 5.69 Å². The molecule has 0 saturated carbocycles. The highest BCUT2D eigenvalue weighted by molar-refractivity contribution is 5.54. The molecular weight excluding hydrogens is 300 g/mol. The summed E-state index contributed by atoms with van der Waals surface area (Å²) in [5, 5.41) is 10.5. The van der Waals surface area contributed by atoms with Crippen LogP contribution in [0.25, 0.3) is 0 Å². The smallest absolute Gasteiger partial charge is 0.142 e. The lowest BCUT2D eigenvalue weighted by Gasteiger charge is -2.29. The number of nitrogen functional groups attached to an aromatic ring is 1. The van der Waals surface area contributed by atoms with Gasteiger partial charge in [0, 0.05) is 19.6 Å². The topological polar surface area (TPSA) is 58.7 Å². The van der Waals surface area contributed by atoms with E-state index in [1.807, 2.05) is 25.1 Å². The zero-order valence-corrected chi connectivity index (χ0v) is 14.2. The lowest BCUT2D eigenvalue weighted by Crippen LogP contribution is -2.32. The van der Waals surface area contributed by atoms with E-state index in [1.54, 1.807) is 0 Å². The lowest BCUT2D eigenvalue weighted by molar-refractivity contribution is 0.137. The predicted octanol–water partition coefficient (Wildman–Crippen LogP) is 3.15. The molecule has 128 valence electrons. The van der Waals surface area contributed by atoms with Crippen LogP contribution in [-0.2, 0) is 13.0 Å². The molecule has 24 heavy (non-hydrogen) atoms. The first kappa shape index (κ1) is 16.8. The van der Waals surface area contributed by atoms with E-state index in [0.29, 0.717) is 24.5 Å². The number of rotatable bonds is 6. The number of nitrogens with zero attached hydrogens (tertiary/aromatic N) is 1. The third-order valence-electron chi connectivity index (χ3n) is 4.65. The van der Waals surface area contributed by atoms with E-state index < -0.39 is 6.10 Å². The van der Waals surface area contributed by atoms with E-state index in [2.05, 4.69) is 29.2 Å². The second kappa shape index (κ2) is 7.69. The van der Waals surface area contributed by atoms with Gasteiger partial charge in [-0.15, -0.1) is 0 Å². The molecule has 0 aromatic heterocycles. The Morgan fingerprint density at radius 1 is 1.21 bits per heavy atom. The average molecular weight is 326 g/mol. The molecule has 3 rings (SSSR count). The van der Waals surface area contributed by atoms with Crippen molar-refractivity contribution < 1.29 is 9.84 Å². The van der Waals surface area contributed by atoms with Crippen molar-refractivity contribution in [3.8, 4) is 5.75 Å². The van der Waals surface area contributed by atoms with Crippen LogP contribution in [0.1, 0.15) is 36.1 Å². The zero-order chi connectivity index (χ0) is 16.9. The van der Waals surface area contributed by atoms with Crippen molar-refractivity contribution in [3.05, 3.63) is 59.2 Å². The van der Waals surface area contributed by atoms with Gasteiger partial charge in [-0.3, -0.25) is 4.90 Å². The summed E-state index contributed by atoms with van der Waals surface area (Å²) in [6.45, 7) is 5.41. The Morgan fingerprint density at radius 2 is 2.00 bits per heavy atom. The van der Waals surface area contributed by atoms with E-state index in [-0.39, 0.29) is 0 Å². The summed E-state index contributed by atoms with van der Waals surface area (Å²) >= 11 is 0. The molecule has 0 aliphatic carbocycles. The van der Waals surface area contributed by atoms with E-state index >= 15 is 0 Å². The average Bonchev–Trinajstić information content (AvgIpc) is 2.61. The van der Waals surface area contributed by atoms with Gasteiger partial charge in [0.05, 0.1) is 18.4 Å². The van der Waals surface area contributed by atoms with Crippen LogP contribution in [0.2, 0.25) is 0 Å². The van der Waals surface area contributed by atoms with Crippen molar-refractivity contribution in [2.75, 3.05) is 25.4 Å². The fourth-order valence-corrected chi connectivity index (χ4v) is 3.28. The van der Waals surface area contributed by atoms with Crippen LogP contribution in [0.3, 0.4) is 0 Å². The highest BCUT2D eigenvalue weighted by atomic mass is 16.5. The highest BCUT2D eigenvalue weighted by Gasteiger charge is 2.17. The summed E-state index contributed by atoms with van der Waals surface area (Å²) in [5.74, 6) is 0.682. The van der Waals surface area contributed by atoms with Crippen molar-refractivity contribution in [3.63, 3.8) is 0 Å². The molecule has 1 atom stereocenters. The monoisotopic (exact) mass is 326 g/mol. The molecule has 1 unspecified atom stereocenters. The Hall–Kier alpha value is -2.04. The molecule has 0 fully saturated rings. The van der Waals surface area contributed by atoms with Gasteiger partial charge in [-0.1, -0.05) is 30.3 Å². The molecule has 0 saturated heterocycles. The predicted molar refractivity (Wildman–Crippen MR) is 97.0 cm³/mol. The molecule has 1 aliphatic rings. The zero-order valence-electron chi connectivity index (χ0n) is 14.2. The van der Waals surface area contributed by atoms with Crippen LogP contribution >= 0.6 is 0 Å². The summed E-state index contributed by atoms with van der Waals surface area (Å²) in [6.07, 6.45) is 1.29. The lowest BCUT2D eigenvalue weighted by atomic mass is 9.99. The maximum absolute atomic E-state index is 10.5. The maximum atomic E-state index is 10.5. The second-order valence-corrected chi connectivity index (χ2v) is 6.33. The Kier molecular flexibility index (Phi) is 5.38. The first-order chi connectivity index (χ1) is 11.7. The fourth-order valence-electron chi connectivity index (χ4n) is 3.28. The van der Waals surface area contributed by atoms with E-state index in [9.17, 15) is 5.11 Å². The molecule has 4 heteroatoms. The van der Waals surface area contributed by atoms with Crippen LogP contribution in [0.15, 0.2) is 42.5 Å². The fraction of sp³-hybridized carbons (Fsp3) is 0.400. The third kappa shape index (κ3) is 3.89. The Bertz CT molecular complexity index is 687. The van der Waals surface area contributed by atoms with Gasteiger partial charge in [0.2, 0.25) is 0 Å². The molecule has 1 aliphatic heterocycles. The van der Waals surface area contributed by atoms with Crippen LogP contribution in [0, 0.1) is 0 Å². The number of hydrogen-bond donors (Lipinski definition) is 2. The Balaban J connectivity index is 1.56. The molecule has 0 radical (unpaired) electrons. The standard InChI is InChI=1S/C20H26N2O2/c1-2-24-20-8-7-16(13-18(20)21)19(23)10-12-22-11-9-15-5-3-4-6-17(15)14-22/h3-8,13,19,23H,2,9-12,14,21H2,1H3. The molecule has 3 N–H and O–H groups in total. The van der Waals surface area contributed by atoms with Crippen molar-refractivity contribution in [2.24, 2.45) is 0 Å². The van der Waals surface area contributed by atoms with Gasteiger partial charge in [0.25, 0.3) is 0 Å². The van der Waals surface area contributed by atoms with Gasteiger partial charge < -0.3 is 15.6 Å². The van der Waals surface area contributed by atoms with Gasteiger partial charge in [0.1, 0.15) is 5.75 Å². The largest absolute Gasteiger partial charge is 0.492 e. The van der Waals surface area contributed by atoms with Crippen molar-refractivity contribution in [2.45, 2.75) is 32.4 Å². The number of anilines is 1. The molecule has 4 nitrogen and oxygen atoms in total. The minimum atomic E-state index is -0.500. The van der Waals surface area contributed by atoms with Crippen LogP contribution < -0.4 is 10.5 Å². The van der Waals surface area contributed by atoms with Gasteiger partial charge in [-0.2, -0.15) is 0 Å². The first-order valence-electron chi connectivity index (χ1n) is 8.66. The normalized spacial score (nSPS) is 15.8. The van der Waals surface area contributed by atoms with Crippen molar-refractivity contribution in [1.82, 2.24) is 4.90 Å². The quantitative estimate of drug-likeness (QED) is 0.801. The third-order valence-corrected chi connectivity index (χ3v) is 4.65. The molecular formula is C20H26N2O2. The van der Waals surface area contributed by atoms with Gasteiger partial charge in [-0.25, -0.2) is 0 Å². The summed E-state index contributed by atoms with van der Waals surface area (Å²) < 4.78 is 5.44. The SMILES string of the molecule is CCOc1ccc(C(O)CCN2CCc3ccccc3C2)cc1N. The van der Waals surface area contributed by atoms with Crippen LogP contribution in [-0.4, -0.2) is 29.7 Å². The summed E-state index contributed by atoms with van der Waals surface area (Å²) in [4.78, 5) is 2.41. The van der Waals surface area contributed by atoms with Crippen molar-refractivity contribution in [1.29, 1.82) is 0 Å². The number of nitrogens with two attached hydrogens (primary N) is 1. The number of ether oxygens (including phenoxy) is 1. The minimum Gasteiger partial charge on any atom is -0.492 e. The molecule has 0 spiro atoms. The number of aliphatic hydroxyl groups excluding tert-OH is 1. The Labute approximate surface area is 143 Å². The van der Waals surface area contributed by atoms with Gasteiger partial charge in [-0.05, 0) is 48.6 Å². The number of benzene rings is 2. The maximum Gasteiger partial charge on any atom is 0.142 e. The molecule has 1 heterocycles. The number of aliphatic hydroxyl groups is 1. The highest BCUT2D eigenvalue weighted by Crippen LogP contribution is 2.27. The summed E-state index contributed by atoms with van der Waals surface area (Å²) in [7, 11) is 0. The molecule has 0 bridgehead atoms. The molecule has 2 aromatic rings. The second-order valence-electron chi connectivity index (χ2n) is 6.33. The Morgan fingerprint density at radius 3 is 2.75 bits per heavy atom.